The minimum absolute atomic E-state index is 0.126. The molecule has 0 atom stereocenters. The van der Waals surface area contributed by atoms with Gasteiger partial charge in [0.25, 0.3) is 5.56 Å². The topological polar surface area (TPSA) is 64.0 Å². The van der Waals surface area contributed by atoms with E-state index in [-0.39, 0.29) is 18.0 Å². The Hall–Kier alpha value is -2.66. The van der Waals surface area contributed by atoms with Crippen LogP contribution >= 0.6 is 11.6 Å². The Labute approximate surface area is 163 Å². The van der Waals surface area contributed by atoms with Gasteiger partial charge in [0.2, 0.25) is 5.91 Å². The number of nitrogens with one attached hydrogen (secondary N) is 1. The fourth-order valence-electron chi connectivity index (χ4n) is 3.36. The number of hydrogen-bond acceptors (Lipinski definition) is 3. The summed E-state index contributed by atoms with van der Waals surface area (Å²) in [5.41, 5.74) is 0.208. The van der Waals surface area contributed by atoms with Crippen LogP contribution < -0.4 is 10.9 Å². The van der Waals surface area contributed by atoms with Crippen molar-refractivity contribution < 1.29 is 4.79 Å². The van der Waals surface area contributed by atoms with Gasteiger partial charge in [-0.25, -0.2) is 4.68 Å². The van der Waals surface area contributed by atoms with Crippen molar-refractivity contribution in [3.05, 3.63) is 75.7 Å². The normalized spacial score (nSPS) is 11.5. The predicted octanol–water partition coefficient (Wildman–Crippen LogP) is 3.88. The van der Waals surface area contributed by atoms with Crippen LogP contribution in [-0.4, -0.2) is 15.7 Å². The number of rotatable bonds is 6. The fourth-order valence-corrected chi connectivity index (χ4v) is 3.48. The fraction of sp³-hybridized carbons (Fsp3) is 0.286. The van der Waals surface area contributed by atoms with Crippen LogP contribution in [0.3, 0.4) is 0 Å². The molecule has 1 N–H and O–H groups in total. The molecule has 0 spiro atoms. The molecular weight excluding hydrogens is 362 g/mol. The summed E-state index contributed by atoms with van der Waals surface area (Å²) in [5.74, 6) is -0.251. The minimum atomic E-state index is -0.512. The van der Waals surface area contributed by atoms with Gasteiger partial charge in [-0.05, 0) is 36.6 Å². The summed E-state index contributed by atoms with van der Waals surface area (Å²) in [4.78, 5) is 25.3. The van der Waals surface area contributed by atoms with Crippen LogP contribution in [0.4, 0.5) is 0 Å². The molecule has 6 heteroatoms. The molecule has 3 aromatic rings. The number of carbonyl (C=O) groups is 1. The molecule has 140 valence electrons. The summed E-state index contributed by atoms with van der Waals surface area (Å²) >= 11 is 5.99. The first kappa shape index (κ1) is 19.1. The van der Waals surface area contributed by atoms with E-state index in [4.69, 9.17) is 11.6 Å². The second kappa shape index (κ2) is 7.92. The highest BCUT2D eigenvalue weighted by molar-refractivity contribution is 6.30. The van der Waals surface area contributed by atoms with Gasteiger partial charge in [-0.2, -0.15) is 5.10 Å². The molecule has 0 radical (unpaired) electrons. The maximum absolute atomic E-state index is 12.7. The molecule has 27 heavy (non-hydrogen) atoms. The Balaban J connectivity index is 1.86. The highest BCUT2D eigenvalue weighted by Crippen LogP contribution is 2.29. The van der Waals surface area contributed by atoms with Crippen LogP contribution in [-0.2, 0) is 16.9 Å². The lowest BCUT2D eigenvalue weighted by molar-refractivity contribution is -0.124. The highest BCUT2D eigenvalue weighted by atomic mass is 35.5. The van der Waals surface area contributed by atoms with E-state index in [0.717, 1.165) is 23.8 Å². The Bertz CT molecular complexity index is 1010. The summed E-state index contributed by atoms with van der Waals surface area (Å²) in [6.07, 6.45) is 3.05. The van der Waals surface area contributed by atoms with Crippen LogP contribution in [0.1, 0.15) is 32.3 Å². The number of amides is 1. The molecule has 0 fully saturated rings. The number of fused-ring (bicyclic) bond motifs is 1. The molecule has 2 aromatic carbocycles. The standard InChI is InChI=1S/C21H22ClN3O2/c1-3-21(4-2,16-9-11-17(22)12-10-16)24-19(26)14-25-20(27)18-8-6-5-7-15(18)13-23-25/h5-13H,3-4,14H2,1-2H3,(H,24,26). The van der Waals surface area contributed by atoms with Gasteiger partial charge in [0, 0.05) is 10.4 Å². The zero-order valence-corrected chi connectivity index (χ0v) is 16.2. The second-order valence-electron chi connectivity index (χ2n) is 6.54. The highest BCUT2D eigenvalue weighted by Gasteiger charge is 2.30. The van der Waals surface area contributed by atoms with Crippen LogP contribution in [0.25, 0.3) is 10.8 Å². The van der Waals surface area contributed by atoms with Crippen molar-refractivity contribution in [2.75, 3.05) is 0 Å². The third-order valence-corrected chi connectivity index (χ3v) is 5.29. The third-order valence-electron chi connectivity index (χ3n) is 5.04. The summed E-state index contributed by atoms with van der Waals surface area (Å²) < 4.78 is 1.20. The summed E-state index contributed by atoms with van der Waals surface area (Å²) in [6, 6.07) is 14.7. The lowest BCUT2D eigenvalue weighted by Crippen LogP contribution is -2.47. The maximum atomic E-state index is 12.7. The van der Waals surface area contributed by atoms with Crippen molar-refractivity contribution in [2.45, 2.75) is 38.8 Å². The van der Waals surface area contributed by atoms with Gasteiger partial charge < -0.3 is 5.32 Å². The number of nitrogens with zero attached hydrogens (tertiary/aromatic N) is 2. The van der Waals surface area contributed by atoms with Crippen LogP contribution in [0.15, 0.2) is 59.5 Å². The number of halogens is 1. The minimum Gasteiger partial charge on any atom is -0.345 e. The van der Waals surface area contributed by atoms with Gasteiger partial charge in [0.15, 0.2) is 0 Å². The molecule has 0 unspecified atom stereocenters. The van der Waals surface area contributed by atoms with Crippen molar-refractivity contribution in [3.63, 3.8) is 0 Å². The second-order valence-corrected chi connectivity index (χ2v) is 6.98. The van der Waals surface area contributed by atoms with Gasteiger partial charge in [0.1, 0.15) is 6.54 Å². The molecule has 1 amide bonds. The lowest BCUT2D eigenvalue weighted by Gasteiger charge is -2.33. The van der Waals surface area contributed by atoms with Crippen LogP contribution in [0, 0.1) is 0 Å². The van der Waals surface area contributed by atoms with E-state index < -0.39 is 5.54 Å². The Morgan fingerprint density at radius 3 is 2.44 bits per heavy atom. The van der Waals surface area contributed by atoms with E-state index >= 15 is 0 Å². The third kappa shape index (κ3) is 3.88. The van der Waals surface area contributed by atoms with E-state index in [9.17, 15) is 9.59 Å². The Morgan fingerprint density at radius 1 is 1.11 bits per heavy atom. The average molecular weight is 384 g/mol. The lowest BCUT2D eigenvalue weighted by atomic mass is 9.84. The molecule has 0 saturated heterocycles. The summed E-state index contributed by atoms with van der Waals surface area (Å²) in [7, 11) is 0. The first-order chi connectivity index (χ1) is 13.0. The molecule has 0 aliphatic heterocycles. The molecule has 0 aliphatic carbocycles. The van der Waals surface area contributed by atoms with Crippen LogP contribution in [0.5, 0.6) is 0 Å². The van der Waals surface area contributed by atoms with E-state index in [2.05, 4.69) is 10.4 Å². The Kier molecular flexibility index (Phi) is 5.61. The molecule has 0 aliphatic rings. The van der Waals surface area contributed by atoms with Gasteiger partial charge in [0.05, 0.1) is 17.1 Å². The smallest absolute Gasteiger partial charge is 0.275 e. The van der Waals surface area contributed by atoms with Crippen molar-refractivity contribution in [1.82, 2.24) is 15.1 Å². The number of benzene rings is 2. The van der Waals surface area contributed by atoms with Crippen molar-refractivity contribution in [2.24, 2.45) is 0 Å². The van der Waals surface area contributed by atoms with Crippen molar-refractivity contribution in [1.29, 1.82) is 0 Å². The molecule has 5 nitrogen and oxygen atoms in total. The number of carbonyl (C=O) groups excluding carboxylic acids is 1. The van der Waals surface area contributed by atoms with Gasteiger partial charge in [-0.1, -0.05) is 55.8 Å². The van der Waals surface area contributed by atoms with Gasteiger partial charge >= 0.3 is 0 Å². The molecule has 1 heterocycles. The van der Waals surface area contributed by atoms with E-state index in [1.807, 2.05) is 50.2 Å². The number of hydrogen-bond donors (Lipinski definition) is 1. The quantitative estimate of drug-likeness (QED) is 0.702. The number of aromatic nitrogens is 2. The first-order valence-electron chi connectivity index (χ1n) is 9.01. The van der Waals surface area contributed by atoms with Gasteiger partial charge in [-0.3, -0.25) is 9.59 Å². The van der Waals surface area contributed by atoms with Gasteiger partial charge in [-0.15, -0.1) is 0 Å². The van der Waals surface area contributed by atoms with E-state index in [0.29, 0.717) is 10.4 Å². The molecule has 0 saturated carbocycles. The summed E-state index contributed by atoms with van der Waals surface area (Å²) in [6.45, 7) is 3.93. The first-order valence-corrected chi connectivity index (χ1v) is 9.39. The average Bonchev–Trinajstić information content (AvgIpc) is 2.69. The van der Waals surface area contributed by atoms with E-state index in [1.54, 1.807) is 18.3 Å². The Morgan fingerprint density at radius 2 is 1.78 bits per heavy atom. The zero-order valence-electron chi connectivity index (χ0n) is 15.4. The molecular formula is C21H22ClN3O2. The largest absolute Gasteiger partial charge is 0.345 e. The molecule has 3 rings (SSSR count). The zero-order chi connectivity index (χ0) is 19.4. The summed E-state index contributed by atoms with van der Waals surface area (Å²) in [5, 5.41) is 9.21. The predicted molar refractivity (Wildman–Crippen MR) is 108 cm³/mol. The SMILES string of the molecule is CCC(CC)(NC(=O)Cn1ncc2ccccc2c1=O)c1ccc(Cl)cc1. The molecule has 0 bridgehead atoms. The van der Waals surface area contributed by atoms with Crippen molar-refractivity contribution >= 4 is 28.3 Å². The van der Waals surface area contributed by atoms with Crippen LogP contribution in [0.2, 0.25) is 5.02 Å². The molecule has 1 aromatic heterocycles. The maximum Gasteiger partial charge on any atom is 0.275 e. The monoisotopic (exact) mass is 383 g/mol. The van der Waals surface area contributed by atoms with Crippen molar-refractivity contribution in [3.8, 4) is 0 Å². The van der Waals surface area contributed by atoms with E-state index in [1.165, 1.54) is 4.68 Å².